The van der Waals surface area contributed by atoms with Gasteiger partial charge in [-0.2, -0.15) is 0 Å². The van der Waals surface area contributed by atoms with Crippen LogP contribution in [0.25, 0.3) is 6.08 Å². The Labute approximate surface area is 428 Å². The first kappa shape index (κ1) is 49.0. The molecule has 0 spiro atoms. The molecule has 0 amide bonds. The number of fused-ring (bicyclic) bond motifs is 1. The Balaban J connectivity index is 1.16. The lowest BCUT2D eigenvalue weighted by Crippen LogP contribution is -2.27. The van der Waals surface area contributed by atoms with Crippen LogP contribution >= 0.6 is 0 Å². The second-order valence-electron chi connectivity index (χ2n) is 18.7. The van der Waals surface area contributed by atoms with E-state index in [1.165, 1.54) is 91.0 Å². The van der Waals surface area contributed by atoms with Gasteiger partial charge in [-0.25, -0.2) is 0 Å². The third kappa shape index (κ3) is 9.63. The highest BCUT2D eigenvalue weighted by Gasteiger charge is 2.51. The van der Waals surface area contributed by atoms with Gasteiger partial charge >= 0.3 is 0 Å². The minimum absolute atomic E-state index is 0.0139. The number of allylic oxidation sites excluding steroid dienone is 1. The van der Waals surface area contributed by atoms with Gasteiger partial charge in [0.1, 0.15) is 75.1 Å². The van der Waals surface area contributed by atoms with Crippen molar-refractivity contribution in [2.24, 2.45) is 11.8 Å². The van der Waals surface area contributed by atoms with Crippen LogP contribution in [0.5, 0.6) is 69.0 Å². The predicted molar refractivity (Wildman–Crippen MR) is 273 cm³/mol. The fraction of sp³-hybridized carbons (Fsp3) is 0.133. The van der Waals surface area contributed by atoms with Gasteiger partial charge in [0.25, 0.3) is 0 Å². The van der Waals surface area contributed by atoms with Crippen LogP contribution in [0.4, 0.5) is 0 Å². The lowest BCUT2D eigenvalue weighted by molar-refractivity contribution is 0.0254. The number of phenols is 11. The molecule has 8 aromatic carbocycles. The summed E-state index contributed by atoms with van der Waals surface area (Å²) in [7, 11) is 0. The van der Waals surface area contributed by atoms with E-state index < -0.39 is 76.5 Å². The lowest BCUT2D eigenvalue weighted by Gasteiger charge is -2.31. The van der Waals surface area contributed by atoms with Gasteiger partial charge in [0.05, 0.1) is 29.3 Å². The number of hydrogen-bond donors (Lipinski definition) is 11. The molecule has 0 aliphatic carbocycles. The molecule has 378 valence electrons. The van der Waals surface area contributed by atoms with Gasteiger partial charge in [-0.05, 0) is 120 Å². The SMILES string of the molecule is O=C(C=Cc1ccc2c(c1)[C@@H]([C@H](c1ccc(O)cc1O)c1cc([C@H]3O[C@@H](c4ccc(O)cc4)[C@H](C(=O)c4ccc(O)cc4O)[C@H]3Cc3ccc(O)cc3)c(O)cc1O)[C@H](c1ccc(O)cc1)O2)c1ccc(O)cc1O. The number of Topliss-reactive ketones (excluding diaryl/α,β-unsaturated/α-hetero) is 1. The van der Waals surface area contributed by atoms with Gasteiger partial charge in [-0.1, -0.05) is 54.6 Å². The molecule has 0 unspecified atom stereocenters. The van der Waals surface area contributed by atoms with E-state index in [2.05, 4.69) is 0 Å². The first-order valence-electron chi connectivity index (χ1n) is 23.7. The third-order valence-corrected chi connectivity index (χ3v) is 14.0. The average Bonchev–Trinajstić information content (AvgIpc) is 3.95. The second-order valence-corrected chi connectivity index (χ2v) is 18.7. The van der Waals surface area contributed by atoms with Crippen molar-refractivity contribution in [3.8, 4) is 69.0 Å². The van der Waals surface area contributed by atoms with E-state index in [4.69, 9.17) is 9.47 Å². The minimum Gasteiger partial charge on any atom is -0.508 e. The van der Waals surface area contributed by atoms with Crippen LogP contribution in [0, 0.1) is 11.8 Å². The number of ether oxygens (including phenoxy) is 2. The van der Waals surface area contributed by atoms with E-state index in [1.807, 2.05) is 0 Å². The van der Waals surface area contributed by atoms with Gasteiger partial charge < -0.3 is 65.6 Å². The van der Waals surface area contributed by atoms with E-state index in [9.17, 15) is 61.0 Å². The zero-order valence-electron chi connectivity index (χ0n) is 39.5. The van der Waals surface area contributed by atoms with Crippen LogP contribution in [0.3, 0.4) is 0 Å². The molecule has 0 bridgehead atoms. The van der Waals surface area contributed by atoms with Crippen molar-refractivity contribution in [2.75, 3.05) is 0 Å². The molecule has 0 radical (unpaired) electrons. The summed E-state index contributed by atoms with van der Waals surface area (Å²) < 4.78 is 13.7. The Morgan fingerprint density at radius 2 is 1.00 bits per heavy atom. The topological polar surface area (TPSA) is 275 Å². The molecule has 11 N–H and O–H groups in total. The first-order chi connectivity index (χ1) is 36.0. The molecule has 2 aliphatic heterocycles. The van der Waals surface area contributed by atoms with E-state index in [0.29, 0.717) is 33.6 Å². The molecular formula is C60H48O15. The molecule has 10 rings (SSSR count). The average molecular weight is 1010 g/mol. The summed E-state index contributed by atoms with van der Waals surface area (Å²) in [6.45, 7) is 0. The summed E-state index contributed by atoms with van der Waals surface area (Å²) >= 11 is 0. The summed E-state index contributed by atoms with van der Waals surface area (Å²) in [5, 5.41) is 119. The number of benzene rings is 8. The Kier molecular flexibility index (Phi) is 12.9. The standard InChI is InChI=1S/C60H48O15/c61-34-9-1-30(2-10-34)24-46-56(57(73)42-20-17-39(66)27-50(42)70)59(33-7-13-36(63)14-8-33)75-60(46)44-28-43(51(71)29-52(44)72)54(41-19-16-38(65)26-49(41)69)55-45-23-31(3-21-47(67)40-18-15-37(64)25-48(40)68)4-22-53(45)74-58(55)32-5-11-35(62)12-6-32/h1-23,25-29,46,54-56,58-66,68-72H,24H2/t46-,54-,55+,56+,58+,59+,60-/m1/s1. The molecule has 75 heavy (non-hydrogen) atoms. The van der Waals surface area contributed by atoms with Crippen molar-refractivity contribution < 1.29 is 75.2 Å². The zero-order chi connectivity index (χ0) is 52.8. The molecule has 1 fully saturated rings. The smallest absolute Gasteiger partial charge is 0.189 e. The normalized spacial score (nSPS) is 19.4. The lowest BCUT2D eigenvalue weighted by atomic mass is 9.72. The number of carbonyl (C=O) groups is 2. The fourth-order valence-electron chi connectivity index (χ4n) is 10.5. The molecular weight excluding hydrogens is 961 g/mol. The number of phenolic OH excluding ortho intramolecular Hbond substituents is 11. The zero-order valence-corrected chi connectivity index (χ0v) is 39.5. The van der Waals surface area contributed by atoms with E-state index in [1.54, 1.807) is 54.6 Å². The monoisotopic (exact) mass is 1010 g/mol. The minimum atomic E-state index is -1.19. The van der Waals surface area contributed by atoms with Gasteiger partial charge in [0, 0.05) is 64.3 Å². The second kappa shape index (κ2) is 19.8. The quantitative estimate of drug-likeness (QED) is 0.0379. The van der Waals surface area contributed by atoms with E-state index in [0.717, 1.165) is 24.3 Å². The Morgan fingerprint density at radius 1 is 0.467 bits per heavy atom. The van der Waals surface area contributed by atoms with Crippen molar-refractivity contribution in [2.45, 2.75) is 36.6 Å². The largest absolute Gasteiger partial charge is 0.508 e. The maximum Gasteiger partial charge on any atom is 0.189 e. The van der Waals surface area contributed by atoms with Gasteiger partial charge in [-0.15, -0.1) is 0 Å². The summed E-state index contributed by atoms with van der Waals surface area (Å²) in [5.41, 5.74) is 2.91. The van der Waals surface area contributed by atoms with Crippen molar-refractivity contribution in [1.29, 1.82) is 0 Å². The Morgan fingerprint density at radius 3 is 1.60 bits per heavy atom. The van der Waals surface area contributed by atoms with Crippen molar-refractivity contribution in [3.05, 3.63) is 219 Å². The summed E-state index contributed by atoms with van der Waals surface area (Å²) in [6, 6.07) is 37.6. The highest BCUT2D eigenvalue weighted by atomic mass is 16.5. The molecule has 7 atom stereocenters. The number of hydrogen-bond acceptors (Lipinski definition) is 15. The number of rotatable bonds is 13. The molecule has 1 saturated heterocycles. The highest BCUT2D eigenvalue weighted by molar-refractivity contribution is 6.08. The van der Waals surface area contributed by atoms with Gasteiger partial charge in [-0.3, -0.25) is 9.59 Å². The fourth-order valence-corrected chi connectivity index (χ4v) is 10.5. The third-order valence-electron chi connectivity index (χ3n) is 14.0. The molecule has 15 heteroatoms. The molecule has 8 aromatic rings. The molecule has 0 saturated carbocycles. The summed E-state index contributed by atoms with van der Waals surface area (Å²) in [4.78, 5) is 28.4. The number of aromatic hydroxyl groups is 11. The Bertz CT molecular complexity index is 3520. The van der Waals surface area contributed by atoms with E-state index in [-0.39, 0.29) is 74.5 Å². The maximum atomic E-state index is 15.1. The number of carbonyl (C=O) groups excluding carboxylic acids is 2. The van der Waals surface area contributed by atoms with Crippen molar-refractivity contribution in [1.82, 2.24) is 0 Å². The van der Waals surface area contributed by atoms with Crippen LogP contribution in [0.15, 0.2) is 164 Å². The van der Waals surface area contributed by atoms with Gasteiger partial charge in [0.2, 0.25) is 0 Å². The highest BCUT2D eigenvalue weighted by Crippen LogP contribution is 2.60. The van der Waals surface area contributed by atoms with Crippen LogP contribution in [-0.4, -0.2) is 67.7 Å². The van der Waals surface area contributed by atoms with Crippen molar-refractivity contribution >= 4 is 17.6 Å². The number of ketones is 2. The predicted octanol–water partition coefficient (Wildman–Crippen LogP) is 10.6. The maximum absolute atomic E-state index is 15.1. The molecule has 2 heterocycles. The van der Waals surface area contributed by atoms with Crippen LogP contribution < -0.4 is 4.74 Å². The van der Waals surface area contributed by atoms with Gasteiger partial charge in [0.15, 0.2) is 11.6 Å². The summed E-state index contributed by atoms with van der Waals surface area (Å²) in [6.07, 6.45) is -0.354. The van der Waals surface area contributed by atoms with Crippen LogP contribution in [0.2, 0.25) is 0 Å². The summed E-state index contributed by atoms with van der Waals surface area (Å²) in [5.74, 6) is -7.88. The van der Waals surface area contributed by atoms with Crippen LogP contribution in [-0.2, 0) is 11.2 Å². The first-order valence-corrected chi connectivity index (χ1v) is 23.7. The Hall–Kier alpha value is -9.60. The molecule has 0 aromatic heterocycles. The van der Waals surface area contributed by atoms with E-state index >= 15 is 4.79 Å². The molecule has 2 aliphatic rings. The van der Waals surface area contributed by atoms with Crippen molar-refractivity contribution in [3.63, 3.8) is 0 Å². The molecule has 15 nitrogen and oxygen atoms in total. The van der Waals surface area contributed by atoms with Crippen LogP contribution in [0.1, 0.15) is 95.4 Å².